The molecule has 2 aromatic rings. The molecule has 2 aromatic carbocycles. The van der Waals surface area contributed by atoms with Gasteiger partial charge in [0, 0.05) is 15.9 Å². The Morgan fingerprint density at radius 3 is 2.48 bits per heavy atom. The van der Waals surface area contributed by atoms with Crippen LogP contribution in [0.15, 0.2) is 64.3 Å². The minimum Gasteiger partial charge on any atom is -0.327 e. The van der Waals surface area contributed by atoms with Gasteiger partial charge in [0.2, 0.25) is 0 Å². The first-order chi connectivity index (χ1) is 12.0. The highest BCUT2D eigenvalue weighted by atomic mass is 79.9. The highest BCUT2D eigenvalue weighted by Gasteiger charge is 2.32. The van der Waals surface area contributed by atoms with Crippen LogP contribution in [0.1, 0.15) is 24.1 Å². The van der Waals surface area contributed by atoms with Gasteiger partial charge in [0.25, 0.3) is 5.91 Å². The van der Waals surface area contributed by atoms with Crippen molar-refractivity contribution in [2.45, 2.75) is 19.9 Å². The number of rotatable bonds is 3. The SMILES string of the molecule is CC1=C(C(=O)Nc2ccccc2C)C(c2ccccc2Br)NC(=O)N1. The summed E-state index contributed by atoms with van der Waals surface area (Å²) in [7, 11) is 0. The first-order valence-electron chi connectivity index (χ1n) is 7.87. The standard InChI is InChI=1S/C19H18BrN3O2/c1-11-7-3-6-10-15(11)22-18(24)16-12(2)21-19(25)23-17(16)13-8-4-5-9-14(13)20/h3-10,17H,1-2H3,(H,22,24)(H2,21,23,25). The van der Waals surface area contributed by atoms with Crippen LogP contribution in [0.25, 0.3) is 0 Å². The summed E-state index contributed by atoms with van der Waals surface area (Å²) in [6, 6.07) is 14.2. The number of aryl methyl sites for hydroxylation is 1. The maximum Gasteiger partial charge on any atom is 0.319 e. The predicted octanol–water partition coefficient (Wildman–Crippen LogP) is 4.02. The second kappa shape index (κ2) is 7.11. The van der Waals surface area contributed by atoms with E-state index < -0.39 is 6.04 Å². The molecule has 0 spiro atoms. The fourth-order valence-electron chi connectivity index (χ4n) is 2.84. The molecule has 0 aliphatic carbocycles. The van der Waals surface area contributed by atoms with Gasteiger partial charge in [-0.05, 0) is 37.1 Å². The minimum absolute atomic E-state index is 0.250. The van der Waals surface area contributed by atoms with E-state index in [-0.39, 0.29) is 11.9 Å². The van der Waals surface area contributed by atoms with Crippen molar-refractivity contribution in [3.8, 4) is 0 Å². The molecule has 6 heteroatoms. The predicted molar refractivity (Wildman–Crippen MR) is 101 cm³/mol. The van der Waals surface area contributed by atoms with Crippen molar-refractivity contribution in [1.82, 2.24) is 10.6 Å². The summed E-state index contributed by atoms with van der Waals surface area (Å²) >= 11 is 3.50. The van der Waals surface area contributed by atoms with Crippen LogP contribution in [0.4, 0.5) is 10.5 Å². The molecule has 25 heavy (non-hydrogen) atoms. The number of urea groups is 1. The molecule has 1 unspecified atom stereocenters. The Bertz CT molecular complexity index is 876. The molecule has 1 aliphatic heterocycles. The first kappa shape index (κ1) is 17.2. The molecule has 3 amide bonds. The quantitative estimate of drug-likeness (QED) is 0.728. The number of hydrogen-bond acceptors (Lipinski definition) is 2. The molecule has 128 valence electrons. The summed E-state index contributed by atoms with van der Waals surface area (Å²) in [6.07, 6.45) is 0. The number of halogens is 1. The average molecular weight is 400 g/mol. The van der Waals surface area contributed by atoms with E-state index in [0.29, 0.717) is 11.3 Å². The summed E-state index contributed by atoms with van der Waals surface area (Å²) < 4.78 is 0.830. The number of amides is 3. The highest BCUT2D eigenvalue weighted by molar-refractivity contribution is 9.10. The zero-order valence-electron chi connectivity index (χ0n) is 13.9. The number of anilines is 1. The first-order valence-corrected chi connectivity index (χ1v) is 8.66. The molecule has 3 rings (SSSR count). The van der Waals surface area contributed by atoms with Crippen LogP contribution < -0.4 is 16.0 Å². The van der Waals surface area contributed by atoms with Gasteiger partial charge >= 0.3 is 6.03 Å². The molecular formula is C19H18BrN3O2. The normalized spacial score (nSPS) is 16.9. The Morgan fingerprint density at radius 2 is 1.76 bits per heavy atom. The minimum atomic E-state index is -0.534. The summed E-state index contributed by atoms with van der Waals surface area (Å²) in [6.45, 7) is 3.67. The third-order valence-electron chi connectivity index (χ3n) is 4.12. The maximum atomic E-state index is 13.0. The third kappa shape index (κ3) is 3.58. The van der Waals surface area contributed by atoms with Crippen molar-refractivity contribution in [2.75, 3.05) is 5.32 Å². The van der Waals surface area contributed by atoms with E-state index in [1.54, 1.807) is 6.92 Å². The van der Waals surface area contributed by atoms with E-state index in [0.717, 1.165) is 21.3 Å². The summed E-state index contributed by atoms with van der Waals surface area (Å²) in [4.78, 5) is 24.9. The van der Waals surface area contributed by atoms with Crippen LogP contribution in [0, 0.1) is 6.92 Å². The van der Waals surface area contributed by atoms with Gasteiger partial charge in [-0.3, -0.25) is 4.79 Å². The maximum absolute atomic E-state index is 13.0. The molecule has 0 bridgehead atoms. The number of carbonyl (C=O) groups is 2. The van der Waals surface area contributed by atoms with E-state index >= 15 is 0 Å². The van der Waals surface area contributed by atoms with Crippen molar-refractivity contribution in [1.29, 1.82) is 0 Å². The molecule has 1 aliphatic rings. The van der Waals surface area contributed by atoms with Crippen molar-refractivity contribution in [2.24, 2.45) is 0 Å². The monoisotopic (exact) mass is 399 g/mol. The zero-order chi connectivity index (χ0) is 18.0. The van der Waals surface area contributed by atoms with E-state index in [9.17, 15) is 9.59 Å². The van der Waals surface area contributed by atoms with Gasteiger partial charge in [-0.15, -0.1) is 0 Å². The molecule has 0 saturated heterocycles. The zero-order valence-corrected chi connectivity index (χ0v) is 15.5. The largest absolute Gasteiger partial charge is 0.327 e. The summed E-state index contributed by atoms with van der Waals surface area (Å²) in [5.74, 6) is -0.250. The van der Waals surface area contributed by atoms with E-state index in [4.69, 9.17) is 0 Å². The van der Waals surface area contributed by atoms with Gasteiger partial charge in [-0.2, -0.15) is 0 Å². The van der Waals surface area contributed by atoms with Gasteiger partial charge in [0.1, 0.15) is 0 Å². The number of carbonyl (C=O) groups excluding carboxylic acids is 2. The van der Waals surface area contributed by atoms with Gasteiger partial charge < -0.3 is 16.0 Å². The molecule has 0 fully saturated rings. The van der Waals surface area contributed by atoms with Crippen molar-refractivity contribution >= 4 is 33.6 Å². The number of hydrogen-bond donors (Lipinski definition) is 3. The van der Waals surface area contributed by atoms with Crippen molar-refractivity contribution in [3.05, 3.63) is 75.4 Å². The van der Waals surface area contributed by atoms with Crippen LogP contribution in [0.3, 0.4) is 0 Å². The lowest BCUT2D eigenvalue weighted by Gasteiger charge is -2.29. The molecule has 1 atom stereocenters. The average Bonchev–Trinajstić information content (AvgIpc) is 2.56. The van der Waals surface area contributed by atoms with Crippen LogP contribution >= 0.6 is 15.9 Å². The van der Waals surface area contributed by atoms with Crippen molar-refractivity contribution < 1.29 is 9.59 Å². The smallest absolute Gasteiger partial charge is 0.319 e. The Balaban J connectivity index is 1.99. The fourth-order valence-corrected chi connectivity index (χ4v) is 3.35. The Hall–Kier alpha value is -2.60. The molecule has 5 nitrogen and oxygen atoms in total. The Kier molecular flexibility index (Phi) is 4.90. The lowest BCUT2D eigenvalue weighted by molar-refractivity contribution is -0.113. The molecular weight excluding hydrogens is 382 g/mol. The highest BCUT2D eigenvalue weighted by Crippen LogP contribution is 2.32. The topological polar surface area (TPSA) is 70.2 Å². The molecule has 0 radical (unpaired) electrons. The number of allylic oxidation sites excluding steroid dienone is 1. The van der Waals surface area contributed by atoms with Crippen LogP contribution in [0.2, 0.25) is 0 Å². The number of benzene rings is 2. The third-order valence-corrected chi connectivity index (χ3v) is 4.85. The summed E-state index contributed by atoms with van der Waals surface area (Å²) in [5.41, 5.74) is 3.56. The molecule has 3 N–H and O–H groups in total. The lowest BCUT2D eigenvalue weighted by Crippen LogP contribution is -2.46. The number of para-hydroxylation sites is 1. The second-order valence-corrected chi connectivity index (χ2v) is 6.72. The van der Waals surface area contributed by atoms with E-state index in [1.807, 2.05) is 55.5 Å². The van der Waals surface area contributed by atoms with E-state index in [1.165, 1.54) is 0 Å². The second-order valence-electron chi connectivity index (χ2n) is 5.86. The lowest BCUT2D eigenvalue weighted by atomic mass is 9.94. The molecule has 1 heterocycles. The fraction of sp³-hybridized carbons (Fsp3) is 0.158. The molecule has 0 saturated carbocycles. The van der Waals surface area contributed by atoms with Gasteiger partial charge in [-0.25, -0.2) is 4.79 Å². The van der Waals surface area contributed by atoms with Crippen LogP contribution in [0.5, 0.6) is 0 Å². The van der Waals surface area contributed by atoms with Gasteiger partial charge in [0.15, 0.2) is 0 Å². The van der Waals surface area contributed by atoms with Gasteiger partial charge in [0.05, 0.1) is 11.6 Å². The van der Waals surface area contributed by atoms with Crippen LogP contribution in [-0.4, -0.2) is 11.9 Å². The van der Waals surface area contributed by atoms with Crippen molar-refractivity contribution in [3.63, 3.8) is 0 Å². The summed E-state index contributed by atoms with van der Waals surface area (Å²) in [5, 5.41) is 8.46. The van der Waals surface area contributed by atoms with Crippen LogP contribution in [-0.2, 0) is 4.79 Å². The number of nitrogens with one attached hydrogen (secondary N) is 3. The Morgan fingerprint density at radius 1 is 1.08 bits per heavy atom. The Labute approximate surface area is 154 Å². The molecule has 0 aromatic heterocycles. The van der Waals surface area contributed by atoms with E-state index in [2.05, 4.69) is 31.9 Å². The van der Waals surface area contributed by atoms with Gasteiger partial charge in [-0.1, -0.05) is 52.3 Å².